The van der Waals surface area contributed by atoms with Crippen LogP contribution in [0.25, 0.3) is 0 Å². The number of anilines is 1. The summed E-state index contributed by atoms with van der Waals surface area (Å²) in [6, 6.07) is 6.96. The van der Waals surface area contributed by atoms with Crippen molar-refractivity contribution in [3.05, 3.63) is 40.9 Å². The summed E-state index contributed by atoms with van der Waals surface area (Å²) in [7, 11) is -3.36. The van der Waals surface area contributed by atoms with Crippen molar-refractivity contribution < 1.29 is 8.42 Å². The predicted octanol–water partition coefficient (Wildman–Crippen LogP) is 2.31. The molecule has 0 aliphatic carbocycles. The van der Waals surface area contributed by atoms with E-state index in [4.69, 9.17) is 11.6 Å². The van der Waals surface area contributed by atoms with Crippen molar-refractivity contribution in [3.8, 4) is 0 Å². The highest BCUT2D eigenvalue weighted by Gasteiger charge is 2.29. The molecule has 21 heavy (non-hydrogen) atoms. The van der Waals surface area contributed by atoms with Crippen LogP contribution in [0.3, 0.4) is 0 Å². The number of piperazine rings is 1. The number of thiophene rings is 1. The second-order valence-corrected chi connectivity index (χ2v) is 8.15. The topological polar surface area (TPSA) is 53.5 Å². The Morgan fingerprint density at radius 1 is 1.14 bits per heavy atom. The quantitative estimate of drug-likeness (QED) is 0.858. The van der Waals surface area contributed by atoms with Crippen molar-refractivity contribution in [2.24, 2.45) is 0 Å². The van der Waals surface area contributed by atoms with Crippen LogP contribution < -0.4 is 4.90 Å². The normalized spacial score (nSPS) is 17.1. The molecule has 1 aliphatic rings. The Hall–Kier alpha value is -1.15. The van der Waals surface area contributed by atoms with Crippen LogP contribution in [0.4, 0.5) is 5.82 Å². The van der Waals surface area contributed by atoms with Gasteiger partial charge in [-0.1, -0.05) is 17.7 Å². The van der Waals surface area contributed by atoms with Crippen LogP contribution in [-0.4, -0.2) is 43.9 Å². The van der Waals surface area contributed by atoms with Crippen LogP contribution in [0.15, 0.2) is 40.1 Å². The lowest BCUT2D eigenvalue weighted by molar-refractivity contribution is 0.385. The van der Waals surface area contributed by atoms with E-state index in [0.29, 0.717) is 41.2 Å². The maximum atomic E-state index is 12.4. The molecule has 2 aromatic rings. The summed E-state index contributed by atoms with van der Waals surface area (Å²) < 4.78 is 26.8. The maximum Gasteiger partial charge on any atom is 0.252 e. The molecule has 0 radical (unpaired) electrons. The van der Waals surface area contributed by atoms with E-state index in [9.17, 15) is 8.42 Å². The molecule has 0 N–H and O–H groups in total. The summed E-state index contributed by atoms with van der Waals surface area (Å²) in [5.41, 5.74) is 0. The number of nitrogens with zero attached hydrogens (tertiary/aromatic N) is 3. The molecule has 1 aliphatic heterocycles. The van der Waals surface area contributed by atoms with Crippen molar-refractivity contribution in [1.82, 2.24) is 9.29 Å². The van der Waals surface area contributed by atoms with E-state index in [-0.39, 0.29) is 0 Å². The van der Waals surface area contributed by atoms with Gasteiger partial charge in [0.2, 0.25) is 0 Å². The Balaban J connectivity index is 1.73. The molecule has 2 aromatic heterocycles. The summed E-state index contributed by atoms with van der Waals surface area (Å²) in [4.78, 5) is 6.28. The molecule has 8 heteroatoms. The van der Waals surface area contributed by atoms with Crippen LogP contribution in [0.2, 0.25) is 5.02 Å². The third-order valence-corrected chi connectivity index (χ3v) is 6.93. The number of aromatic nitrogens is 1. The molecule has 112 valence electrons. The SMILES string of the molecule is O=S(=O)(c1cccs1)N1CCN(c2ncccc2Cl)CC1. The van der Waals surface area contributed by atoms with Crippen LogP contribution in [0.5, 0.6) is 0 Å². The standard InChI is InChI=1S/C13H14ClN3O2S2/c14-11-3-1-5-15-13(11)16-6-8-17(9-7-16)21(18,19)12-4-2-10-20-12/h1-5,10H,6-9H2. The van der Waals surface area contributed by atoms with E-state index < -0.39 is 10.0 Å². The van der Waals surface area contributed by atoms with Crippen LogP contribution in [-0.2, 0) is 10.0 Å². The van der Waals surface area contributed by atoms with E-state index in [1.54, 1.807) is 35.8 Å². The number of halogens is 1. The summed E-state index contributed by atoms with van der Waals surface area (Å²) in [6.07, 6.45) is 1.69. The second-order valence-electron chi connectivity index (χ2n) is 4.63. The van der Waals surface area contributed by atoms with E-state index >= 15 is 0 Å². The first-order chi connectivity index (χ1) is 10.1. The summed E-state index contributed by atoms with van der Waals surface area (Å²) in [5, 5.41) is 2.36. The number of hydrogen-bond donors (Lipinski definition) is 0. The molecule has 0 spiro atoms. The van der Waals surface area contributed by atoms with Gasteiger partial charge in [-0.25, -0.2) is 13.4 Å². The first-order valence-corrected chi connectivity index (χ1v) is 9.18. The molecule has 0 atom stereocenters. The number of pyridine rings is 1. The van der Waals surface area contributed by atoms with Crippen LogP contribution >= 0.6 is 22.9 Å². The highest BCUT2D eigenvalue weighted by atomic mass is 35.5. The van der Waals surface area contributed by atoms with Gasteiger partial charge in [0.1, 0.15) is 10.0 Å². The fourth-order valence-corrected chi connectivity index (χ4v) is 5.10. The van der Waals surface area contributed by atoms with E-state index in [1.165, 1.54) is 15.6 Å². The molecule has 5 nitrogen and oxygen atoms in total. The fraction of sp³-hybridized carbons (Fsp3) is 0.308. The number of rotatable bonds is 3. The predicted molar refractivity (Wildman–Crippen MR) is 84.5 cm³/mol. The third kappa shape index (κ3) is 2.91. The van der Waals surface area contributed by atoms with Crippen molar-refractivity contribution in [1.29, 1.82) is 0 Å². The smallest absolute Gasteiger partial charge is 0.252 e. The van der Waals surface area contributed by atoms with Gasteiger partial charge in [0.05, 0.1) is 5.02 Å². The summed E-state index contributed by atoms with van der Waals surface area (Å²) in [5.74, 6) is 0.715. The van der Waals surface area contributed by atoms with Gasteiger partial charge in [-0.3, -0.25) is 0 Å². The first kappa shape index (κ1) is 14.8. The highest BCUT2D eigenvalue weighted by Crippen LogP contribution is 2.26. The summed E-state index contributed by atoms with van der Waals surface area (Å²) in [6.45, 7) is 2.04. The molecule has 3 heterocycles. The average molecular weight is 344 g/mol. The van der Waals surface area contributed by atoms with E-state index in [1.807, 2.05) is 4.90 Å². The molecule has 3 rings (SSSR count). The minimum absolute atomic E-state index is 0.395. The van der Waals surface area contributed by atoms with E-state index in [2.05, 4.69) is 4.98 Å². The lowest BCUT2D eigenvalue weighted by atomic mass is 10.3. The maximum absolute atomic E-state index is 12.4. The van der Waals surface area contributed by atoms with Gasteiger partial charge in [0.25, 0.3) is 10.0 Å². The monoisotopic (exact) mass is 343 g/mol. The molecular weight excluding hydrogens is 330 g/mol. The van der Waals surface area contributed by atoms with Crippen molar-refractivity contribution in [2.45, 2.75) is 4.21 Å². The second kappa shape index (κ2) is 5.92. The largest absolute Gasteiger partial charge is 0.353 e. The Morgan fingerprint density at radius 2 is 1.90 bits per heavy atom. The zero-order chi connectivity index (χ0) is 14.9. The van der Waals surface area contributed by atoms with Gasteiger partial charge >= 0.3 is 0 Å². The van der Waals surface area contributed by atoms with Gasteiger partial charge in [-0.2, -0.15) is 4.31 Å². The van der Waals surface area contributed by atoms with Gasteiger partial charge < -0.3 is 4.90 Å². The molecule has 0 aromatic carbocycles. The van der Waals surface area contributed by atoms with Crippen molar-refractivity contribution >= 4 is 38.8 Å². The molecule has 0 bridgehead atoms. The van der Waals surface area contributed by atoms with Gasteiger partial charge in [-0.05, 0) is 23.6 Å². The first-order valence-electron chi connectivity index (χ1n) is 6.48. The third-order valence-electron chi connectivity index (χ3n) is 3.37. The highest BCUT2D eigenvalue weighted by molar-refractivity contribution is 7.91. The Bertz CT molecular complexity index is 711. The minimum atomic E-state index is -3.36. The Labute approximate surface area is 132 Å². The molecule has 1 fully saturated rings. The molecular formula is C13H14ClN3O2S2. The number of sulfonamides is 1. The van der Waals surface area contributed by atoms with Gasteiger partial charge in [0, 0.05) is 32.4 Å². The van der Waals surface area contributed by atoms with Crippen molar-refractivity contribution in [2.75, 3.05) is 31.1 Å². The molecule has 0 saturated carbocycles. The van der Waals surface area contributed by atoms with Gasteiger partial charge in [-0.15, -0.1) is 11.3 Å². The number of hydrogen-bond acceptors (Lipinski definition) is 5. The zero-order valence-electron chi connectivity index (χ0n) is 11.1. The minimum Gasteiger partial charge on any atom is -0.353 e. The summed E-state index contributed by atoms with van der Waals surface area (Å²) >= 11 is 7.38. The fourth-order valence-electron chi connectivity index (χ4n) is 2.29. The Kier molecular flexibility index (Phi) is 4.17. The van der Waals surface area contributed by atoms with Crippen molar-refractivity contribution in [3.63, 3.8) is 0 Å². The molecule has 1 saturated heterocycles. The lowest BCUT2D eigenvalue weighted by Gasteiger charge is -2.34. The van der Waals surface area contributed by atoms with Gasteiger partial charge in [0.15, 0.2) is 0 Å². The Morgan fingerprint density at radius 3 is 2.52 bits per heavy atom. The van der Waals surface area contributed by atoms with E-state index in [0.717, 1.165) is 0 Å². The molecule has 0 amide bonds. The van der Waals surface area contributed by atoms with Crippen LogP contribution in [0, 0.1) is 0 Å². The lowest BCUT2D eigenvalue weighted by Crippen LogP contribution is -2.48. The zero-order valence-corrected chi connectivity index (χ0v) is 13.5. The van der Waals surface area contributed by atoms with Crippen LogP contribution in [0.1, 0.15) is 0 Å². The average Bonchev–Trinajstić information content (AvgIpc) is 3.03. The molecule has 0 unspecified atom stereocenters.